The van der Waals surface area contributed by atoms with Crippen molar-refractivity contribution in [1.29, 1.82) is 0 Å². The summed E-state index contributed by atoms with van der Waals surface area (Å²) in [6.45, 7) is 1.79. The van der Waals surface area contributed by atoms with Crippen molar-refractivity contribution in [3.05, 3.63) is 0 Å². The summed E-state index contributed by atoms with van der Waals surface area (Å²) in [5.74, 6) is 0.383. The number of aromatic nitrogens is 4. The Morgan fingerprint density at radius 2 is 2.25 bits per heavy atom. The van der Waals surface area contributed by atoms with Gasteiger partial charge in [-0.25, -0.2) is 4.68 Å². The van der Waals surface area contributed by atoms with Gasteiger partial charge in [-0.2, -0.15) is 0 Å². The van der Waals surface area contributed by atoms with E-state index in [4.69, 9.17) is 5.73 Å². The Balaban J connectivity index is 2.29. The van der Waals surface area contributed by atoms with Crippen molar-refractivity contribution in [1.82, 2.24) is 25.1 Å². The number of rotatable bonds is 4. The first kappa shape index (κ1) is 8.92. The molecule has 12 heavy (non-hydrogen) atoms. The fourth-order valence-corrected chi connectivity index (χ4v) is 0.908. The summed E-state index contributed by atoms with van der Waals surface area (Å²) in [6, 6.07) is 0. The van der Waals surface area contributed by atoms with Gasteiger partial charge in [-0.1, -0.05) is 5.10 Å². The van der Waals surface area contributed by atoms with E-state index in [0.717, 1.165) is 19.5 Å². The smallest absolute Gasteiger partial charge is 0.240 e. The van der Waals surface area contributed by atoms with Crippen LogP contribution in [0.1, 0.15) is 6.42 Å². The highest BCUT2D eigenvalue weighted by atomic mass is 15.6. The van der Waals surface area contributed by atoms with Gasteiger partial charge in [0.2, 0.25) is 5.95 Å². The summed E-state index contributed by atoms with van der Waals surface area (Å²) in [7, 11) is 4.06. The molecule has 0 aromatic carbocycles. The second kappa shape index (κ2) is 4.01. The monoisotopic (exact) mass is 170 g/mol. The molecule has 6 heteroatoms. The van der Waals surface area contributed by atoms with Crippen LogP contribution in [0.5, 0.6) is 0 Å². The standard InChI is InChI=1S/C6H14N6/c1-11(2)4-3-5-12-6(7)8-9-10-12/h3-5H2,1-2H3,(H2,7,8,10). The van der Waals surface area contributed by atoms with Gasteiger partial charge in [0, 0.05) is 6.54 Å². The normalized spacial score (nSPS) is 10.9. The topological polar surface area (TPSA) is 72.9 Å². The lowest BCUT2D eigenvalue weighted by Crippen LogP contribution is -2.16. The van der Waals surface area contributed by atoms with Crippen molar-refractivity contribution in [2.24, 2.45) is 0 Å². The molecule has 1 aromatic heterocycles. The van der Waals surface area contributed by atoms with Crippen molar-refractivity contribution in [3.63, 3.8) is 0 Å². The molecule has 0 bridgehead atoms. The number of nitrogens with two attached hydrogens (primary N) is 1. The van der Waals surface area contributed by atoms with Crippen molar-refractivity contribution < 1.29 is 0 Å². The average molecular weight is 170 g/mol. The molecule has 0 atom stereocenters. The molecule has 1 heterocycles. The Kier molecular flexibility index (Phi) is 2.98. The van der Waals surface area contributed by atoms with Crippen molar-refractivity contribution in [3.8, 4) is 0 Å². The fraction of sp³-hybridized carbons (Fsp3) is 0.833. The maximum absolute atomic E-state index is 5.47. The van der Waals surface area contributed by atoms with Crippen LogP contribution in [-0.4, -0.2) is 45.7 Å². The lowest BCUT2D eigenvalue weighted by atomic mass is 10.4. The number of nitrogens with zero attached hydrogens (tertiary/aromatic N) is 5. The lowest BCUT2D eigenvalue weighted by molar-refractivity contribution is 0.380. The van der Waals surface area contributed by atoms with E-state index in [1.165, 1.54) is 0 Å². The van der Waals surface area contributed by atoms with Crippen LogP contribution in [0.4, 0.5) is 5.95 Å². The van der Waals surface area contributed by atoms with Gasteiger partial charge < -0.3 is 10.6 Å². The maximum atomic E-state index is 5.47. The van der Waals surface area contributed by atoms with Crippen LogP contribution in [0.15, 0.2) is 0 Å². The van der Waals surface area contributed by atoms with Crippen LogP contribution in [0, 0.1) is 0 Å². The van der Waals surface area contributed by atoms with E-state index < -0.39 is 0 Å². The van der Waals surface area contributed by atoms with E-state index >= 15 is 0 Å². The van der Waals surface area contributed by atoms with Gasteiger partial charge in [0.05, 0.1) is 0 Å². The summed E-state index contributed by atoms with van der Waals surface area (Å²) < 4.78 is 1.60. The molecular formula is C6H14N6. The van der Waals surface area contributed by atoms with E-state index in [9.17, 15) is 0 Å². The first-order chi connectivity index (χ1) is 5.70. The predicted molar refractivity (Wildman–Crippen MR) is 45.4 cm³/mol. The van der Waals surface area contributed by atoms with Crippen LogP contribution in [-0.2, 0) is 6.54 Å². The molecular weight excluding hydrogens is 156 g/mol. The van der Waals surface area contributed by atoms with Crippen molar-refractivity contribution >= 4 is 5.95 Å². The van der Waals surface area contributed by atoms with E-state index in [1.807, 2.05) is 14.1 Å². The maximum Gasteiger partial charge on any atom is 0.240 e. The molecule has 68 valence electrons. The van der Waals surface area contributed by atoms with E-state index in [2.05, 4.69) is 20.4 Å². The Bertz CT molecular complexity index is 230. The number of hydrogen-bond donors (Lipinski definition) is 1. The summed E-state index contributed by atoms with van der Waals surface area (Å²) in [6.07, 6.45) is 1.00. The third-order valence-corrected chi connectivity index (χ3v) is 1.53. The molecule has 2 N–H and O–H groups in total. The van der Waals surface area contributed by atoms with Gasteiger partial charge in [-0.05, 0) is 37.5 Å². The summed E-state index contributed by atoms with van der Waals surface area (Å²) in [5.41, 5.74) is 5.47. The minimum absolute atomic E-state index is 0.383. The molecule has 1 aromatic rings. The summed E-state index contributed by atoms with van der Waals surface area (Å²) >= 11 is 0. The molecule has 0 fully saturated rings. The molecule has 0 radical (unpaired) electrons. The summed E-state index contributed by atoms with van der Waals surface area (Å²) in [4.78, 5) is 2.11. The number of tetrazole rings is 1. The fourth-order valence-electron chi connectivity index (χ4n) is 0.908. The molecule has 1 rings (SSSR count). The first-order valence-corrected chi connectivity index (χ1v) is 3.86. The molecule has 0 aliphatic rings. The number of hydrogen-bond acceptors (Lipinski definition) is 5. The number of nitrogen functional groups attached to an aromatic ring is 1. The van der Waals surface area contributed by atoms with E-state index in [1.54, 1.807) is 4.68 Å². The van der Waals surface area contributed by atoms with Crippen LogP contribution < -0.4 is 5.73 Å². The van der Waals surface area contributed by atoms with Gasteiger partial charge in [0.15, 0.2) is 0 Å². The molecule has 0 amide bonds. The highest BCUT2D eigenvalue weighted by Crippen LogP contribution is 1.94. The quantitative estimate of drug-likeness (QED) is 0.641. The van der Waals surface area contributed by atoms with Gasteiger partial charge in [0.25, 0.3) is 0 Å². The second-order valence-corrected chi connectivity index (χ2v) is 2.92. The SMILES string of the molecule is CN(C)CCCn1nnnc1N. The van der Waals surface area contributed by atoms with Gasteiger partial charge >= 0.3 is 0 Å². The molecule has 6 nitrogen and oxygen atoms in total. The van der Waals surface area contributed by atoms with Gasteiger partial charge in [-0.3, -0.25) is 0 Å². The average Bonchev–Trinajstić information content (AvgIpc) is 2.36. The number of aryl methyl sites for hydroxylation is 1. The summed E-state index contributed by atoms with van der Waals surface area (Å²) in [5, 5.41) is 10.7. The van der Waals surface area contributed by atoms with Crippen molar-refractivity contribution in [2.75, 3.05) is 26.4 Å². The zero-order chi connectivity index (χ0) is 8.97. The van der Waals surface area contributed by atoms with E-state index in [0.29, 0.717) is 5.95 Å². The van der Waals surface area contributed by atoms with Crippen LogP contribution in [0.25, 0.3) is 0 Å². The highest BCUT2D eigenvalue weighted by molar-refractivity contribution is 5.09. The molecule has 0 aliphatic carbocycles. The van der Waals surface area contributed by atoms with Gasteiger partial charge in [-0.15, -0.1) is 0 Å². The minimum Gasteiger partial charge on any atom is -0.367 e. The molecule has 0 aliphatic heterocycles. The zero-order valence-electron chi connectivity index (χ0n) is 7.43. The Morgan fingerprint density at radius 1 is 1.50 bits per heavy atom. The van der Waals surface area contributed by atoms with Crippen LogP contribution >= 0.6 is 0 Å². The van der Waals surface area contributed by atoms with Crippen LogP contribution in [0.2, 0.25) is 0 Å². The number of anilines is 1. The third-order valence-electron chi connectivity index (χ3n) is 1.53. The van der Waals surface area contributed by atoms with E-state index in [-0.39, 0.29) is 0 Å². The minimum atomic E-state index is 0.383. The van der Waals surface area contributed by atoms with Crippen LogP contribution in [0.3, 0.4) is 0 Å². The van der Waals surface area contributed by atoms with Crippen molar-refractivity contribution in [2.45, 2.75) is 13.0 Å². The molecule has 0 saturated heterocycles. The molecule has 0 spiro atoms. The first-order valence-electron chi connectivity index (χ1n) is 3.86. The Labute approximate surface area is 71.3 Å². The zero-order valence-corrected chi connectivity index (χ0v) is 7.43. The molecule has 0 saturated carbocycles. The highest BCUT2D eigenvalue weighted by Gasteiger charge is 1.99. The second-order valence-electron chi connectivity index (χ2n) is 2.92. The Hall–Kier alpha value is -1.17. The third kappa shape index (κ3) is 2.46. The Morgan fingerprint density at radius 3 is 2.75 bits per heavy atom. The predicted octanol–water partition coefficient (Wildman–Crippen LogP) is -0.793. The molecule has 0 unspecified atom stereocenters. The van der Waals surface area contributed by atoms with Gasteiger partial charge in [0.1, 0.15) is 0 Å². The lowest BCUT2D eigenvalue weighted by Gasteiger charge is -2.08. The largest absolute Gasteiger partial charge is 0.367 e.